The number of piperidine rings is 1. The van der Waals surface area contributed by atoms with Crippen LogP contribution in [0.2, 0.25) is 0 Å². The molecule has 0 spiro atoms. The number of benzene rings is 1. The Morgan fingerprint density at radius 2 is 1.86 bits per heavy atom. The molecule has 1 fully saturated rings. The Morgan fingerprint density at radius 1 is 1.23 bits per heavy atom. The van der Waals surface area contributed by atoms with E-state index >= 15 is 0 Å². The summed E-state index contributed by atoms with van der Waals surface area (Å²) in [5, 5.41) is 6.57. The van der Waals surface area contributed by atoms with E-state index < -0.39 is 0 Å². The van der Waals surface area contributed by atoms with Gasteiger partial charge in [-0.2, -0.15) is 0 Å². The van der Waals surface area contributed by atoms with Crippen molar-refractivity contribution in [3.63, 3.8) is 0 Å². The summed E-state index contributed by atoms with van der Waals surface area (Å²) in [6, 6.07) is 8.56. The average molecular weight is 302 g/mol. The first-order chi connectivity index (χ1) is 10.5. The molecule has 3 heteroatoms. The van der Waals surface area contributed by atoms with E-state index in [1.54, 1.807) is 0 Å². The third kappa shape index (κ3) is 4.84. The molecule has 0 bridgehead atoms. The fraction of sp³-hybridized carbons (Fsp3) is 0.632. The van der Waals surface area contributed by atoms with E-state index in [0.717, 1.165) is 25.9 Å². The molecular weight excluding hydrogens is 272 g/mol. The molecule has 122 valence electrons. The van der Waals surface area contributed by atoms with E-state index in [-0.39, 0.29) is 11.4 Å². The highest BCUT2D eigenvalue weighted by Crippen LogP contribution is 2.22. The van der Waals surface area contributed by atoms with Gasteiger partial charge in [0.15, 0.2) is 0 Å². The van der Waals surface area contributed by atoms with Crippen LogP contribution in [0.15, 0.2) is 24.3 Å². The number of nitrogens with one attached hydrogen (secondary N) is 2. The van der Waals surface area contributed by atoms with Crippen molar-refractivity contribution < 1.29 is 4.79 Å². The van der Waals surface area contributed by atoms with E-state index in [9.17, 15) is 4.79 Å². The molecule has 22 heavy (non-hydrogen) atoms. The highest BCUT2D eigenvalue weighted by molar-refractivity contribution is 5.76. The third-order valence-electron chi connectivity index (χ3n) is 4.77. The zero-order valence-corrected chi connectivity index (χ0v) is 14.2. The van der Waals surface area contributed by atoms with Gasteiger partial charge in [-0.1, -0.05) is 31.2 Å². The Balaban J connectivity index is 1.85. The molecule has 0 radical (unpaired) electrons. The molecule has 0 saturated carbocycles. The molecule has 2 N–H and O–H groups in total. The summed E-state index contributed by atoms with van der Waals surface area (Å²) in [7, 11) is 0. The maximum absolute atomic E-state index is 12.3. The Bertz CT molecular complexity index is 473. The second kappa shape index (κ2) is 7.77. The SMILES string of the molecule is CCc1ccc(C(C)(C)NC(=O)CCC2CCNCC2)cc1. The maximum Gasteiger partial charge on any atom is 0.220 e. The van der Waals surface area contributed by atoms with Crippen molar-refractivity contribution >= 4 is 5.91 Å². The lowest BCUT2D eigenvalue weighted by atomic mass is 9.91. The van der Waals surface area contributed by atoms with Crippen LogP contribution in [0.3, 0.4) is 0 Å². The quantitative estimate of drug-likeness (QED) is 0.846. The molecule has 1 aliphatic heterocycles. The number of rotatable bonds is 6. The number of hydrogen-bond donors (Lipinski definition) is 2. The summed E-state index contributed by atoms with van der Waals surface area (Å²) in [6.07, 6.45) is 5.10. The van der Waals surface area contributed by atoms with Crippen molar-refractivity contribution in [2.24, 2.45) is 5.92 Å². The van der Waals surface area contributed by atoms with Crippen LogP contribution in [0.25, 0.3) is 0 Å². The minimum Gasteiger partial charge on any atom is -0.347 e. The van der Waals surface area contributed by atoms with Crippen LogP contribution in [0.4, 0.5) is 0 Å². The zero-order valence-electron chi connectivity index (χ0n) is 14.2. The summed E-state index contributed by atoms with van der Waals surface area (Å²) >= 11 is 0. The van der Waals surface area contributed by atoms with E-state index in [2.05, 4.69) is 55.7 Å². The molecule has 3 nitrogen and oxygen atoms in total. The van der Waals surface area contributed by atoms with Gasteiger partial charge in [0, 0.05) is 6.42 Å². The standard InChI is InChI=1S/C19H30N2O/c1-4-15-5-8-17(9-6-15)19(2,3)21-18(22)10-7-16-11-13-20-14-12-16/h5-6,8-9,16,20H,4,7,10-14H2,1-3H3,(H,21,22). The van der Waals surface area contributed by atoms with Crippen LogP contribution in [0.5, 0.6) is 0 Å². The van der Waals surface area contributed by atoms with Gasteiger partial charge in [-0.3, -0.25) is 4.79 Å². The smallest absolute Gasteiger partial charge is 0.220 e. The van der Waals surface area contributed by atoms with E-state index in [0.29, 0.717) is 12.3 Å². The Morgan fingerprint density at radius 3 is 2.45 bits per heavy atom. The summed E-state index contributed by atoms with van der Waals surface area (Å²) in [5.74, 6) is 0.877. The van der Waals surface area contributed by atoms with Crippen LogP contribution in [-0.2, 0) is 16.8 Å². The molecule has 1 saturated heterocycles. The Hall–Kier alpha value is -1.35. The first-order valence-corrected chi connectivity index (χ1v) is 8.62. The average Bonchev–Trinajstić information content (AvgIpc) is 2.53. The number of aryl methyl sites for hydroxylation is 1. The van der Waals surface area contributed by atoms with Gasteiger partial charge in [0.1, 0.15) is 0 Å². The van der Waals surface area contributed by atoms with Gasteiger partial charge in [0.05, 0.1) is 5.54 Å². The minimum absolute atomic E-state index is 0.170. The van der Waals surface area contributed by atoms with Gasteiger partial charge in [0.2, 0.25) is 5.91 Å². The van der Waals surface area contributed by atoms with Crippen molar-refractivity contribution in [3.8, 4) is 0 Å². The second-order valence-corrected chi connectivity index (χ2v) is 6.96. The van der Waals surface area contributed by atoms with Gasteiger partial charge >= 0.3 is 0 Å². The molecule has 0 aromatic heterocycles. The molecule has 1 amide bonds. The summed E-state index contributed by atoms with van der Waals surface area (Å²) in [5.41, 5.74) is 2.19. The van der Waals surface area contributed by atoms with E-state index in [1.807, 2.05) is 0 Å². The highest BCUT2D eigenvalue weighted by Gasteiger charge is 2.23. The fourth-order valence-electron chi connectivity index (χ4n) is 3.15. The Kier molecular flexibility index (Phi) is 6.01. The number of amides is 1. The maximum atomic E-state index is 12.3. The molecule has 0 atom stereocenters. The fourth-order valence-corrected chi connectivity index (χ4v) is 3.15. The van der Waals surface area contributed by atoms with Gasteiger partial charge < -0.3 is 10.6 Å². The van der Waals surface area contributed by atoms with Crippen molar-refractivity contribution in [2.75, 3.05) is 13.1 Å². The van der Waals surface area contributed by atoms with Crippen molar-refractivity contribution in [2.45, 2.75) is 58.4 Å². The zero-order chi connectivity index (χ0) is 16.0. The highest BCUT2D eigenvalue weighted by atomic mass is 16.1. The molecule has 1 heterocycles. The Labute approximate surface area is 134 Å². The van der Waals surface area contributed by atoms with Crippen LogP contribution in [-0.4, -0.2) is 19.0 Å². The lowest BCUT2D eigenvalue weighted by molar-refractivity contribution is -0.123. The third-order valence-corrected chi connectivity index (χ3v) is 4.77. The lowest BCUT2D eigenvalue weighted by Gasteiger charge is -2.28. The second-order valence-electron chi connectivity index (χ2n) is 6.96. The first kappa shape index (κ1) is 17.0. The van der Waals surface area contributed by atoms with Gasteiger partial charge in [-0.05, 0) is 69.7 Å². The van der Waals surface area contributed by atoms with E-state index in [4.69, 9.17) is 0 Å². The normalized spacial score (nSPS) is 16.5. The molecular formula is C19H30N2O. The van der Waals surface area contributed by atoms with Crippen LogP contribution >= 0.6 is 0 Å². The minimum atomic E-state index is -0.308. The van der Waals surface area contributed by atoms with Gasteiger partial charge in [-0.25, -0.2) is 0 Å². The lowest BCUT2D eigenvalue weighted by Crippen LogP contribution is -2.41. The molecule has 2 rings (SSSR count). The molecule has 1 aliphatic rings. The van der Waals surface area contributed by atoms with Crippen LogP contribution in [0, 0.1) is 5.92 Å². The van der Waals surface area contributed by atoms with Gasteiger partial charge in [-0.15, -0.1) is 0 Å². The number of carbonyl (C=O) groups excluding carboxylic acids is 1. The predicted molar refractivity (Wildman–Crippen MR) is 91.8 cm³/mol. The van der Waals surface area contributed by atoms with Crippen molar-refractivity contribution in [1.29, 1.82) is 0 Å². The van der Waals surface area contributed by atoms with Crippen LogP contribution in [0.1, 0.15) is 57.6 Å². The summed E-state index contributed by atoms with van der Waals surface area (Å²) < 4.78 is 0. The van der Waals surface area contributed by atoms with Crippen molar-refractivity contribution in [3.05, 3.63) is 35.4 Å². The van der Waals surface area contributed by atoms with Gasteiger partial charge in [0.25, 0.3) is 0 Å². The van der Waals surface area contributed by atoms with Crippen LogP contribution < -0.4 is 10.6 Å². The first-order valence-electron chi connectivity index (χ1n) is 8.62. The number of carbonyl (C=O) groups is 1. The summed E-state index contributed by atoms with van der Waals surface area (Å²) in [6.45, 7) is 8.51. The molecule has 1 aromatic carbocycles. The monoisotopic (exact) mass is 302 g/mol. The predicted octanol–water partition coefficient (Wildman–Crippen LogP) is 3.38. The summed E-state index contributed by atoms with van der Waals surface area (Å²) in [4.78, 5) is 12.3. The molecule has 0 unspecified atom stereocenters. The number of hydrogen-bond acceptors (Lipinski definition) is 2. The topological polar surface area (TPSA) is 41.1 Å². The van der Waals surface area contributed by atoms with Crippen molar-refractivity contribution in [1.82, 2.24) is 10.6 Å². The largest absolute Gasteiger partial charge is 0.347 e. The van der Waals surface area contributed by atoms with E-state index in [1.165, 1.54) is 24.0 Å². The molecule has 0 aliphatic carbocycles. The molecule has 1 aromatic rings.